The Bertz CT molecular complexity index is 320. The lowest BCUT2D eigenvalue weighted by molar-refractivity contribution is 0.215. The van der Waals surface area contributed by atoms with Gasteiger partial charge in [0, 0.05) is 19.0 Å². The summed E-state index contributed by atoms with van der Waals surface area (Å²) in [5.41, 5.74) is 1.08. The van der Waals surface area contributed by atoms with Crippen LogP contribution in [0.2, 0.25) is 0 Å². The van der Waals surface area contributed by atoms with Gasteiger partial charge in [-0.1, -0.05) is 6.92 Å². The Labute approximate surface area is 83.6 Å². The second kappa shape index (κ2) is 3.61. The van der Waals surface area contributed by atoms with E-state index >= 15 is 0 Å². The van der Waals surface area contributed by atoms with Crippen molar-refractivity contribution in [1.82, 2.24) is 10.5 Å². The van der Waals surface area contributed by atoms with Crippen molar-refractivity contribution < 1.29 is 9.26 Å². The molecule has 4 nitrogen and oxygen atoms in total. The first-order chi connectivity index (χ1) is 6.68. The first kappa shape index (κ1) is 9.52. The van der Waals surface area contributed by atoms with Gasteiger partial charge in [0.15, 0.2) is 0 Å². The number of fused-ring (bicyclic) bond motifs is 1. The largest absolute Gasteiger partial charge is 0.473 e. The van der Waals surface area contributed by atoms with E-state index in [2.05, 4.69) is 17.4 Å². The quantitative estimate of drug-likeness (QED) is 0.781. The fourth-order valence-corrected chi connectivity index (χ4v) is 1.68. The van der Waals surface area contributed by atoms with E-state index in [0.717, 1.165) is 24.4 Å². The molecule has 0 bridgehead atoms. The highest BCUT2D eigenvalue weighted by Gasteiger charge is 2.25. The molecule has 0 saturated heterocycles. The summed E-state index contributed by atoms with van der Waals surface area (Å²) >= 11 is 0. The molecule has 1 N–H and O–H groups in total. The molecular weight excluding hydrogens is 180 g/mol. The molecule has 78 valence electrons. The molecule has 1 aromatic rings. The highest BCUT2D eigenvalue weighted by atomic mass is 16.5. The van der Waals surface area contributed by atoms with Crippen LogP contribution in [0.15, 0.2) is 4.52 Å². The zero-order valence-electron chi connectivity index (χ0n) is 8.83. The molecule has 0 spiro atoms. The molecule has 0 radical (unpaired) electrons. The number of hydrogen-bond donors (Lipinski definition) is 1. The van der Waals surface area contributed by atoms with Gasteiger partial charge in [0.05, 0.1) is 11.7 Å². The fraction of sp³-hybridized carbons (Fsp3) is 0.700. The van der Waals surface area contributed by atoms with Crippen LogP contribution in [-0.4, -0.2) is 17.8 Å². The van der Waals surface area contributed by atoms with E-state index in [-0.39, 0.29) is 6.10 Å². The van der Waals surface area contributed by atoms with Crippen LogP contribution >= 0.6 is 0 Å². The van der Waals surface area contributed by atoms with Gasteiger partial charge in [0.2, 0.25) is 0 Å². The summed E-state index contributed by atoms with van der Waals surface area (Å²) < 4.78 is 10.8. The molecule has 1 aliphatic heterocycles. The number of aromatic nitrogens is 1. The predicted octanol–water partition coefficient (Wildman–Crippen LogP) is 1.67. The van der Waals surface area contributed by atoms with Gasteiger partial charge in [-0.3, -0.25) is 0 Å². The maximum atomic E-state index is 5.56. The van der Waals surface area contributed by atoms with Crippen molar-refractivity contribution in [2.45, 2.75) is 39.3 Å². The van der Waals surface area contributed by atoms with Crippen LogP contribution < -0.4 is 10.1 Å². The van der Waals surface area contributed by atoms with Gasteiger partial charge in [0.25, 0.3) is 5.88 Å². The molecule has 2 rings (SSSR count). The van der Waals surface area contributed by atoms with Crippen LogP contribution in [0.25, 0.3) is 0 Å². The van der Waals surface area contributed by atoms with E-state index in [1.807, 2.05) is 13.8 Å². The molecule has 0 fully saturated rings. The maximum Gasteiger partial charge on any atom is 0.259 e. The number of hydrogen-bond acceptors (Lipinski definition) is 4. The van der Waals surface area contributed by atoms with Crippen molar-refractivity contribution in [2.75, 3.05) is 6.54 Å². The number of nitrogens with one attached hydrogen (secondary N) is 1. The monoisotopic (exact) mass is 196 g/mol. The van der Waals surface area contributed by atoms with Crippen LogP contribution in [0, 0.1) is 0 Å². The van der Waals surface area contributed by atoms with Crippen LogP contribution in [0.5, 0.6) is 5.88 Å². The predicted molar refractivity (Wildman–Crippen MR) is 52.4 cm³/mol. The summed E-state index contributed by atoms with van der Waals surface area (Å²) in [4.78, 5) is 0. The van der Waals surface area contributed by atoms with E-state index in [4.69, 9.17) is 9.26 Å². The molecule has 14 heavy (non-hydrogen) atoms. The van der Waals surface area contributed by atoms with E-state index in [9.17, 15) is 0 Å². The van der Waals surface area contributed by atoms with E-state index in [1.165, 1.54) is 0 Å². The van der Waals surface area contributed by atoms with E-state index in [0.29, 0.717) is 11.8 Å². The lowest BCUT2D eigenvalue weighted by Gasteiger charge is -2.17. The molecule has 1 atom stereocenters. The molecule has 0 saturated carbocycles. The lowest BCUT2D eigenvalue weighted by Crippen LogP contribution is -2.26. The van der Waals surface area contributed by atoms with Gasteiger partial charge in [-0.05, 0) is 19.0 Å². The third kappa shape index (κ3) is 1.62. The Morgan fingerprint density at radius 2 is 2.36 bits per heavy atom. The molecule has 1 unspecified atom stereocenters. The zero-order valence-corrected chi connectivity index (χ0v) is 8.83. The molecule has 0 aromatic carbocycles. The Balaban J connectivity index is 2.26. The van der Waals surface area contributed by atoms with Gasteiger partial charge < -0.3 is 14.6 Å². The Kier molecular flexibility index (Phi) is 2.46. The molecule has 1 aliphatic rings. The van der Waals surface area contributed by atoms with Crippen molar-refractivity contribution in [2.24, 2.45) is 0 Å². The van der Waals surface area contributed by atoms with Crippen molar-refractivity contribution >= 4 is 0 Å². The summed E-state index contributed by atoms with van der Waals surface area (Å²) in [6, 6.07) is 0. The van der Waals surface area contributed by atoms with Crippen molar-refractivity contribution in [1.29, 1.82) is 0 Å². The van der Waals surface area contributed by atoms with Gasteiger partial charge in [-0.15, -0.1) is 0 Å². The Morgan fingerprint density at radius 1 is 1.57 bits per heavy atom. The number of rotatable bonds is 2. The average Bonchev–Trinajstić information content (AvgIpc) is 2.49. The third-order valence-electron chi connectivity index (χ3n) is 2.33. The lowest BCUT2D eigenvalue weighted by atomic mass is 10.0. The minimum atomic E-state index is 0.140. The normalized spacial score (nSPS) is 21.0. The van der Waals surface area contributed by atoms with Crippen LogP contribution in [0.3, 0.4) is 0 Å². The summed E-state index contributed by atoms with van der Waals surface area (Å²) in [7, 11) is 0. The van der Waals surface area contributed by atoms with Crippen LogP contribution in [-0.2, 0) is 6.54 Å². The third-order valence-corrected chi connectivity index (χ3v) is 2.33. The minimum Gasteiger partial charge on any atom is -0.473 e. The molecule has 2 heterocycles. The van der Waals surface area contributed by atoms with E-state index < -0.39 is 0 Å². The average molecular weight is 196 g/mol. The Morgan fingerprint density at radius 3 is 3.07 bits per heavy atom. The van der Waals surface area contributed by atoms with Gasteiger partial charge in [-0.25, -0.2) is 0 Å². The van der Waals surface area contributed by atoms with Crippen molar-refractivity contribution in [3.05, 3.63) is 11.3 Å². The highest BCUT2D eigenvalue weighted by Crippen LogP contribution is 2.30. The van der Waals surface area contributed by atoms with Crippen LogP contribution in [0.1, 0.15) is 38.0 Å². The number of ether oxygens (including phenoxy) is 1. The molecular formula is C10H16N2O2. The zero-order chi connectivity index (χ0) is 10.1. The van der Waals surface area contributed by atoms with Crippen molar-refractivity contribution in [3.8, 4) is 5.88 Å². The first-order valence-corrected chi connectivity index (χ1v) is 5.04. The first-order valence-electron chi connectivity index (χ1n) is 5.04. The molecule has 0 amide bonds. The van der Waals surface area contributed by atoms with Gasteiger partial charge >= 0.3 is 0 Å². The van der Waals surface area contributed by atoms with Gasteiger partial charge in [0.1, 0.15) is 5.76 Å². The maximum absolute atomic E-state index is 5.56. The van der Waals surface area contributed by atoms with Crippen molar-refractivity contribution in [3.63, 3.8) is 0 Å². The summed E-state index contributed by atoms with van der Waals surface area (Å²) in [5.74, 6) is 2.00. The Hall–Kier alpha value is -1.03. The smallest absolute Gasteiger partial charge is 0.259 e. The molecule has 0 aliphatic carbocycles. The molecule has 1 aromatic heterocycles. The summed E-state index contributed by atoms with van der Waals surface area (Å²) in [5, 5.41) is 7.26. The minimum absolute atomic E-state index is 0.140. The summed E-state index contributed by atoms with van der Waals surface area (Å²) in [6.07, 6.45) is 0.140. The van der Waals surface area contributed by atoms with Gasteiger partial charge in [-0.2, -0.15) is 0 Å². The topological polar surface area (TPSA) is 47.3 Å². The van der Waals surface area contributed by atoms with Crippen LogP contribution in [0.4, 0.5) is 0 Å². The number of nitrogens with zero attached hydrogens (tertiary/aromatic N) is 1. The molecule has 4 heteroatoms. The van der Waals surface area contributed by atoms with E-state index in [1.54, 1.807) is 0 Å². The SMILES string of the molecule is CC(C)Oc1noc2c1CNCC2C. The second-order valence-electron chi connectivity index (χ2n) is 4.03. The standard InChI is InChI=1S/C10H16N2O2/c1-6(2)13-10-8-5-11-4-7(3)9(8)14-12-10/h6-7,11H,4-5H2,1-3H3. The fourth-order valence-electron chi connectivity index (χ4n) is 1.68. The highest BCUT2D eigenvalue weighted by molar-refractivity contribution is 5.32. The second-order valence-corrected chi connectivity index (χ2v) is 4.03. The summed E-state index contributed by atoms with van der Waals surface area (Å²) in [6.45, 7) is 7.84.